The molecule has 9 heteroatoms. The van der Waals surface area contributed by atoms with E-state index >= 15 is 0 Å². The van der Waals surface area contributed by atoms with Crippen LogP contribution in [0, 0.1) is 0 Å². The average molecular weight is 401 g/mol. The van der Waals surface area contributed by atoms with Gasteiger partial charge in [0.15, 0.2) is 0 Å². The van der Waals surface area contributed by atoms with E-state index in [0.29, 0.717) is 39.3 Å². The predicted octanol–water partition coefficient (Wildman–Crippen LogP) is 1.55. The normalized spacial score (nSPS) is 16.8. The standard InChI is InChI=1S/C17H28N4O3S2/c1-4-20(5-2)26(23,24)21-12-10-19(11-13-21)14-17(22)18-15-8-6-7-9-16(15)25-3/h6-9H,4-5,10-14H2,1-3H3,(H,18,22). The molecule has 2 rings (SSSR count). The highest BCUT2D eigenvalue weighted by atomic mass is 32.2. The van der Waals surface area contributed by atoms with Crippen molar-refractivity contribution in [2.75, 3.05) is 57.4 Å². The second-order valence-electron chi connectivity index (χ2n) is 6.02. The summed E-state index contributed by atoms with van der Waals surface area (Å²) in [5.74, 6) is -0.0773. The van der Waals surface area contributed by atoms with Crippen molar-refractivity contribution >= 4 is 33.6 Å². The molecule has 7 nitrogen and oxygen atoms in total. The number of benzene rings is 1. The average Bonchev–Trinajstić information content (AvgIpc) is 2.63. The van der Waals surface area contributed by atoms with Crippen LogP contribution in [0.5, 0.6) is 0 Å². The zero-order valence-electron chi connectivity index (χ0n) is 15.6. The number of hydrogen-bond acceptors (Lipinski definition) is 5. The fraction of sp³-hybridized carbons (Fsp3) is 0.588. The van der Waals surface area contributed by atoms with E-state index in [-0.39, 0.29) is 12.5 Å². The molecule has 146 valence electrons. The summed E-state index contributed by atoms with van der Waals surface area (Å²) in [5, 5.41) is 2.95. The van der Waals surface area contributed by atoms with E-state index in [1.165, 1.54) is 8.61 Å². The molecule has 1 aromatic rings. The second kappa shape index (κ2) is 9.70. The van der Waals surface area contributed by atoms with Gasteiger partial charge in [-0.2, -0.15) is 17.0 Å². The van der Waals surface area contributed by atoms with Crippen molar-refractivity contribution in [2.45, 2.75) is 18.7 Å². The molecule has 0 radical (unpaired) electrons. The number of carbonyl (C=O) groups excluding carboxylic acids is 1. The van der Waals surface area contributed by atoms with E-state index < -0.39 is 10.2 Å². The number of para-hydroxylation sites is 1. The van der Waals surface area contributed by atoms with E-state index in [2.05, 4.69) is 5.32 Å². The highest BCUT2D eigenvalue weighted by molar-refractivity contribution is 7.98. The Labute approximate surface area is 160 Å². The molecule has 1 heterocycles. The molecule has 1 amide bonds. The van der Waals surface area contributed by atoms with Crippen molar-refractivity contribution in [3.63, 3.8) is 0 Å². The number of nitrogens with one attached hydrogen (secondary N) is 1. The minimum absolute atomic E-state index is 0.0773. The van der Waals surface area contributed by atoms with Gasteiger partial charge in [-0.05, 0) is 18.4 Å². The molecule has 0 spiro atoms. The Morgan fingerprint density at radius 2 is 1.77 bits per heavy atom. The highest BCUT2D eigenvalue weighted by Crippen LogP contribution is 2.24. The lowest BCUT2D eigenvalue weighted by Gasteiger charge is -2.35. The summed E-state index contributed by atoms with van der Waals surface area (Å²) in [4.78, 5) is 15.3. The summed E-state index contributed by atoms with van der Waals surface area (Å²) in [5.41, 5.74) is 0.813. The highest BCUT2D eigenvalue weighted by Gasteiger charge is 2.31. The first-order valence-corrected chi connectivity index (χ1v) is 11.4. The number of thioether (sulfide) groups is 1. The molecule has 0 aromatic heterocycles. The largest absolute Gasteiger partial charge is 0.324 e. The van der Waals surface area contributed by atoms with E-state index in [9.17, 15) is 13.2 Å². The van der Waals surface area contributed by atoms with E-state index in [4.69, 9.17) is 0 Å². The third-order valence-corrected chi connectivity index (χ3v) is 7.42. The predicted molar refractivity (Wildman–Crippen MR) is 107 cm³/mol. The van der Waals surface area contributed by atoms with Gasteiger partial charge in [0.1, 0.15) is 0 Å². The Hall–Kier alpha value is -1.13. The van der Waals surface area contributed by atoms with Crippen LogP contribution >= 0.6 is 11.8 Å². The molecule has 0 bridgehead atoms. The van der Waals surface area contributed by atoms with Crippen LogP contribution in [0.4, 0.5) is 5.69 Å². The third-order valence-electron chi connectivity index (χ3n) is 4.44. The maximum absolute atomic E-state index is 12.5. The maximum Gasteiger partial charge on any atom is 0.282 e. The van der Waals surface area contributed by atoms with Crippen LogP contribution in [0.1, 0.15) is 13.8 Å². The first kappa shape index (κ1) is 21.2. The summed E-state index contributed by atoms with van der Waals surface area (Å²) in [6, 6.07) is 7.69. The summed E-state index contributed by atoms with van der Waals surface area (Å²) in [6.07, 6.45) is 1.97. The van der Waals surface area contributed by atoms with Crippen molar-refractivity contribution in [3.05, 3.63) is 24.3 Å². The Morgan fingerprint density at radius 3 is 2.35 bits per heavy atom. The van der Waals surface area contributed by atoms with Crippen LogP contribution in [0.3, 0.4) is 0 Å². The second-order valence-corrected chi connectivity index (χ2v) is 8.79. The monoisotopic (exact) mass is 400 g/mol. The lowest BCUT2D eigenvalue weighted by molar-refractivity contribution is -0.117. The smallest absolute Gasteiger partial charge is 0.282 e. The van der Waals surface area contributed by atoms with Gasteiger partial charge in [-0.15, -0.1) is 11.8 Å². The Morgan fingerprint density at radius 1 is 1.15 bits per heavy atom. The number of carbonyl (C=O) groups is 1. The number of amides is 1. The SMILES string of the molecule is CCN(CC)S(=O)(=O)N1CCN(CC(=O)Nc2ccccc2SC)CC1. The van der Waals surface area contributed by atoms with Gasteiger partial charge in [-0.25, -0.2) is 0 Å². The quantitative estimate of drug-likeness (QED) is 0.671. The first-order valence-electron chi connectivity index (χ1n) is 8.82. The third kappa shape index (κ3) is 5.20. The number of hydrogen-bond donors (Lipinski definition) is 1. The van der Waals surface area contributed by atoms with Gasteiger partial charge in [0, 0.05) is 44.2 Å². The first-order chi connectivity index (χ1) is 12.4. The number of rotatable bonds is 8. The fourth-order valence-electron chi connectivity index (χ4n) is 2.97. The van der Waals surface area contributed by atoms with E-state index in [1.54, 1.807) is 11.8 Å². The molecular weight excluding hydrogens is 372 g/mol. The molecule has 0 atom stereocenters. The van der Waals surface area contributed by atoms with Gasteiger partial charge in [0.25, 0.3) is 10.2 Å². The summed E-state index contributed by atoms with van der Waals surface area (Å²) < 4.78 is 28.1. The maximum atomic E-state index is 12.5. The molecule has 1 N–H and O–H groups in total. The molecular formula is C17H28N4O3S2. The molecule has 1 fully saturated rings. The fourth-order valence-corrected chi connectivity index (χ4v) is 5.13. The van der Waals surface area contributed by atoms with Gasteiger partial charge in [-0.1, -0.05) is 26.0 Å². The van der Waals surface area contributed by atoms with Crippen LogP contribution in [0.25, 0.3) is 0 Å². The zero-order chi connectivity index (χ0) is 19.2. The Balaban J connectivity index is 1.87. The molecule has 1 saturated heterocycles. The van der Waals surface area contributed by atoms with Crippen molar-refractivity contribution < 1.29 is 13.2 Å². The van der Waals surface area contributed by atoms with Gasteiger partial charge in [0.2, 0.25) is 5.91 Å². The topological polar surface area (TPSA) is 73.0 Å². The van der Waals surface area contributed by atoms with E-state index in [0.717, 1.165) is 10.6 Å². The minimum atomic E-state index is -3.40. The van der Waals surface area contributed by atoms with Crippen molar-refractivity contribution in [1.29, 1.82) is 0 Å². The minimum Gasteiger partial charge on any atom is -0.324 e. The molecule has 0 aliphatic carbocycles. The lowest BCUT2D eigenvalue weighted by Crippen LogP contribution is -2.54. The number of piperazine rings is 1. The molecule has 1 aliphatic rings. The van der Waals surface area contributed by atoms with Gasteiger partial charge in [-0.3, -0.25) is 9.69 Å². The Kier molecular flexibility index (Phi) is 7.90. The van der Waals surface area contributed by atoms with Crippen LogP contribution in [-0.2, 0) is 15.0 Å². The van der Waals surface area contributed by atoms with E-state index in [1.807, 2.05) is 49.3 Å². The van der Waals surface area contributed by atoms with Crippen LogP contribution in [-0.4, -0.2) is 79.9 Å². The van der Waals surface area contributed by atoms with Crippen molar-refractivity contribution in [1.82, 2.24) is 13.5 Å². The van der Waals surface area contributed by atoms with Crippen LogP contribution in [0.2, 0.25) is 0 Å². The summed E-state index contributed by atoms with van der Waals surface area (Å²) in [6.45, 7) is 6.81. The zero-order valence-corrected chi connectivity index (χ0v) is 17.3. The van der Waals surface area contributed by atoms with Crippen LogP contribution in [0.15, 0.2) is 29.2 Å². The van der Waals surface area contributed by atoms with Gasteiger partial charge >= 0.3 is 0 Å². The lowest BCUT2D eigenvalue weighted by atomic mass is 10.3. The van der Waals surface area contributed by atoms with Gasteiger partial charge in [0.05, 0.1) is 12.2 Å². The Bertz CT molecular complexity index is 700. The molecule has 26 heavy (non-hydrogen) atoms. The summed E-state index contributed by atoms with van der Waals surface area (Å²) >= 11 is 1.59. The molecule has 1 aliphatic heterocycles. The van der Waals surface area contributed by atoms with Crippen molar-refractivity contribution in [2.24, 2.45) is 0 Å². The molecule has 0 unspecified atom stereocenters. The molecule has 1 aromatic carbocycles. The number of nitrogens with zero attached hydrogens (tertiary/aromatic N) is 3. The van der Waals surface area contributed by atoms with Gasteiger partial charge < -0.3 is 5.32 Å². The van der Waals surface area contributed by atoms with Crippen molar-refractivity contribution in [3.8, 4) is 0 Å². The molecule has 0 saturated carbocycles. The van der Waals surface area contributed by atoms with Crippen LogP contribution < -0.4 is 5.32 Å². The summed E-state index contributed by atoms with van der Waals surface area (Å²) in [7, 11) is -3.40. The number of anilines is 1.